The van der Waals surface area contributed by atoms with E-state index in [1.165, 1.54) is 0 Å². The summed E-state index contributed by atoms with van der Waals surface area (Å²) in [5, 5.41) is 13.8. The number of nitriles is 1. The zero-order valence-electron chi connectivity index (χ0n) is 18.4. The zero-order chi connectivity index (χ0) is 22.3. The molecule has 1 saturated heterocycles. The summed E-state index contributed by atoms with van der Waals surface area (Å²) < 4.78 is 22.8. The number of para-hydroxylation sites is 1. The van der Waals surface area contributed by atoms with Crippen molar-refractivity contribution in [3.05, 3.63) is 65.6 Å². The highest BCUT2D eigenvalue weighted by Gasteiger charge is 2.21. The molecule has 1 N–H and O–H groups in total. The van der Waals surface area contributed by atoms with Gasteiger partial charge in [0, 0.05) is 42.4 Å². The highest BCUT2D eigenvalue weighted by Crippen LogP contribution is 2.40. The van der Waals surface area contributed by atoms with Crippen LogP contribution in [0.4, 0.5) is 5.69 Å². The van der Waals surface area contributed by atoms with Crippen LogP contribution in [0.5, 0.6) is 11.5 Å². The van der Waals surface area contributed by atoms with Gasteiger partial charge in [-0.25, -0.2) is 0 Å². The topological polar surface area (TPSA) is 79.9 Å². The molecule has 1 aliphatic rings. The summed E-state index contributed by atoms with van der Waals surface area (Å²) in [6, 6.07) is 16.0. The monoisotopic (exact) mass is 433 g/mol. The first-order valence-corrected chi connectivity index (χ1v) is 10.6. The number of allylic oxidation sites excluding steroid dienone is 1. The van der Waals surface area contributed by atoms with Crippen molar-refractivity contribution in [2.45, 2.75) is 13.0 Å². The number of nitrogens with zero attached hydrogens (tertiary/aromatic N) is 2. The van der Waals surface area contributed by atoms with E-state index in [1.807, 2.05) is 42.5 Å². The molecule has 166 valence electrons. The summed E-state index contributed by atoms with van der Waals surface area (Å²) in [4.78, 5) is 2.30. The summed E-state index contributed by atoms with van der Waals surface area (Å²) >= 11 is 0. The van der Waals surface area contributed by atoms with Crippen LogP contribution in [0.3, 0.4) is 0 Å². The standard InChI is InChI=1S/C25H27N3O4/c1-29-23-13-19(12-18(15-26)16-27-20-6-4-3-5-7-20)22-14-21(32-24(22)25(23)30-2)17-28-8-10-31-11-9-28/h3-7,13-14,16,27H,8-12,17H2,1-2H3. The number of ether oxygens (including phenoxy) is 3. The Morgan fingerprint density at radius 3 is 2.62 bits per heavy atom. The minimum absolute atomic E-state index is 0.434. The lowest BCUT2D eigenvalue weighted by Gasteiger charge is -2.25. The van der Waals surface area contributed by atoms with Crippen LogP contribution < -0.4 is 14.8 Å². The van der Waals surface area contributed by atoms with Gasteiger partial charge in [-0.05, 0) is 29.8 Å². The van der Waals surface area contributed by atoms with Crippen molar-refractivity contribution in [3.8, 4) is 17.6 Å². The summed E-state index contributed by atoms with van der Waals surface area (Å²) in [7, 11) is 3.20. The molecule has 0 unspecified atom stereocenters. The fraction of sp³-hybridized carbons (Fsp3) is 0.320. The summed E-state index contributed by atoms with van der Waals surface area (Å²) in [5.41, 5.74) is 3.10. The fourth-order valence-electron chi connectivity index (χ4n) is 3.84. The van der Waals surface area contributed by atoms with Gasteiger partial charge in [0.25, 0.3) is 0 Å². The number of hydrogen-bond acceptors (Lipinski definition) is 7. The number of fused-ring (bicyclic) bond motifs is 1. The lowest BCUT2D eigenvalue weighted by molar-refractivity contribution is 0.0315. The first kappa shape index (κ1) is 21.8. The summed E-state index contributed by atoms with van der Waals surface area (Å²) in [5.74, 6) is 1.99. The molecule has 3 aromatic rings. The minimum atomic E-state index is 0.434. The maximum Gasteiger partial charge on any atom is 0.204 e. The molecule has 0 bridgehead atoms. The molecule has 1 fully saturated rings. The van der Waals surface area contributed by atoms with E-state index in [0.717, 1.165) is 48.7 Å². The molecule has 0 saturated carbocycles. The van der Waals surface area contributed by atoms with E-state index in [-0.39, 0.29) is 0 Å². The number of rotatable bonds is 8. The second-order valence-electron chi connectivity index (χ2n) is 7.58. The molecular formula is C25H27N3O4. The molecule has 2 heterocycles. The Balaban J connectivity index is 1.66. The summed E-state index contributed by atoms with van der Waals surface area (Å²) in [6.45, 7) is 3.90. The third-order valence-electron chi connectivity index (χ3n) is 5.48. The Bertz CT molecular complexity index is 1130. The number of benzene rings is 2. The first-order chi connectivity index (χ1) is 15.7. The second kappa shape index (κ2) is 10.2. The van der Waals surface area contributed by atoms with Crippen LogP contribution in [0.2, 0.25) is 0 Å². The molecule has 0 radical (unpaired) electrons. The Morgan fingerprint density at radius 1 is 1.16 bits per heavy atom. The van der Waals surface area contributed by atoms with Gasteiger partial charge in [-0.15, -0.1) is 0 Å². The van der Waals surface area contributed by atoms with Crippen LogP contribution in [0, 0.1) is 11.3 Å². The fourth-order valence-corrected chi connectivity index (χ4v) is 3.84. The second-order valence-corrected chi connectivity index (χ2v) is 7.58. The van der Waals surface area contributed by atoms with Crippen molar-refractivity contribution in [2.24, 2.45) is 0 Å². The quantitative estimate of drug-likeness (QED) is 0.529. The first-order valence-electron chi connectivity index (χ1n) is 10.6. The van der Waals surface area contributed by atoms with Gasteiger partial charge in [-0.3, -0.25) is 4.90 Å². The number of furan rings is 1. The van der Waals surface area contributed by atoms with E-state index in [4.69, 9.17) is 18.6 Å². The number of morpholine rings is 1. The number of anilines is 1. The van der Waals surface area contributed by atoms with E-state index in [2.05, 4.69) is 16.3 Å². The molecule has 0 aliphatic carbocycles. The van der Waals surface area contributed by atoms with Gasteiger partial charge in [-0.1, -0.05) is 18.2 Å². The molecule has 1 aliphatic heterocycles. The Morgan fingerprint density at radius 2 is 1.94 bits per heavy atom. The van der Waals surface area contributed by atoms with E-state index in [1.54, 1.807) is 20.4 Å². The largest absolute Gasteiger partial charge is 0.493 e. The molecule has 0 atom stereocenters. The van der Waals surface area contributed by atoms with Gasteiger partial charge in [0.05, 0.1) is 40.0 Å². The van der Waals surface area contributed by atoms with Gasteiger partial charge in [0.1, 0.15) is 5.76 Å². The maximum absolute atomic E-state index is 9.73. The Hall–Kier alpha value is -3.47. The number of nitrogens with one attached hydrogen (secondary N) is 1. The van der Waals surface area contributed by atoms with E-state index in [9.17, 15) is 5.26 Å². The maximum atomic E-state index is 9.73. The average Bonchev–Trinajstić information content (AvgIpc) is 3.26. The molecule has 7 heteroatoms. The van der Waals surface area contributed by atoms with Gasteiger partial charge < -0.3 is 23.9 Å². The SMILES string of the molecule is COc1cc(CC(C#N)=CNc2ccccc2)c2cc(CN3CCOCC3)oc2c1OC. The lowest BCUT2D eigenvalue weighted by Crippen LogP contribution is -2.35. The van der Waals surface area contributed by atoms with Crippen LogP contribution in [-0.2, 0) is 17.7 Å². The summed E-state index contributed by atoms with van der Waals surface area (Å²) in [6.07, 6.45) is 2.18. The van der Waals surface area contributed by atoms with Crippen molar-refractivity contribution in [2.75, 3.05) is 45.8 Å². The molecule has 4 rings (SSSR count). The van der Waals surface area contributed by atoms with Gasteiger partial charge in [0.15, 0.2) is 11.3 Å². The van der Waals surface area contributed by atoms with Crippen LogP contribution in [0.1, 0.15) is 11.3 Å². The number of methoxy groups -OCH3 is 2. The van der Waals surface area contributed by atoms with Gasteiger partial charge in [-0.2, -0.15) is 5.26 Å². The van der Waals surface area contributed by atoms with Crippen LogP contribution in [0.25, 0.3) is 11.0 Å². The molecular weight excluding hydrogens is 406 g/mol. The van der Waals surface area contributed by atoms with E-state index >= 15 is 0 Å². The highest BCUT2D eigenvalue weighted by atomic mass is 16.5. The molecule has 1 aromatic heterocycles. The highest BCUT2D eigenvalue weighted by molar-refractivity contribution is 5.90. The number of hydrogen-bond donors (Lipinski definition) is 1. The third kappa shape index (κ3) is 4.88. The van der Waals surface area contributed by atoms with Crippen LogP contribution in [0.15, 0.2) is 58.7 Å². The molecule has 7 nitrogen and oxygen atoms in total. The van der Waals surface area contributed by atoms with Gasteiger partial charge >= 0.3 is 0 Å². The van der Waals surface area contributed by atoms with E-state index in [0.29, 0.717) is 35.6 Å². The van der Waals surface area contributed by atoms with E-state index < -0.39 is 0 Å². The lowest BCUT2D eigenvalue weighted by atomic mass is 10.0. The smallest absolute Gasteiger partial charge is 0.204 e. The normalized spacial score (nSPS) is 14.8. The third-order valence-corrected chi connectivity index (χ3v) is 5.48. The van der Waals surface area contributed by atoms with Crippen molar-refractivity contribution >= 4 is 16.7 Å². The molecule has 32 heavy (non-hydrogen) atoms. The molecule has 2 aromatic carbocycles. The predicted molar refractivity (Wildman–Crippen MR) is 123 cm³/mol. The van der Waals surface area contributed by atoms with Crippen molar-refractivity contribution in [1.82, 2.24) is 4.90 Å². The Labute approximate surface area is 187 Å². The van der Waals surface area contributed by atoms with Crippen molar-refractivity contribution in [1.29, 1.82) is 5.26 Å². The average molecular weight is 434 g/mol. The van der Waals surface area contributed by atoms with Gasteiger partial charge in [0.2, 0.25) is 5.75 Å². The van der Waals surface area contributed by atoms with Crippen LogP contribution in [-0.4, -0.2) is 45.4 Å². The van der Waals surface area contributed by atoms with Crippen LogP contribution >= 0.6 is 0 Å². The minimum Gasteiger partial charge on any atom is -0.493 e. The van der Waals surface area contributed by atoms with Crippen molar-refractivity contribution < 1.29 is 18.6 Å². The Kier molecular flexibility index (Phi) is 6.95. The van der Waals surface area contributed by atoms with Crippen molar-refractivity contribution in [3.63, 3.8) is 0 Å². The predicted octanol–water partition coefficient (Wildman–Crippen LogP) is 4.34. The molecule has 0 amide bonds. The zero-order valence-corrected chi connectivity index (χ0v) is 18.4. The molecule has 0 spiro atoms.